The van der Waals surface area contributed by atoms with E-state index in [1.165, 1.54) is 10.7 Å². The topological polar surface area (TPSA) is 63.8 Å². The zero-order chi connectivity index (χ0) is 11.7. The van der Waals surface area contributed by atoms with Crippen LogP contribution in [0.25, 0.3) is 16.0 Å². The summed E-state index contributed by atoms with van der Waals surface area (Å²) in [6, 6.07) is 3.53. The van der Waals surface area contributed by atoms with E-state index in [9.17, 15) is 9.50 Å². The zero-order valence-corrected chi connectivity index (χ0v) is 9.52. The highest BCUT2D eigenvalue weighted by molar-refractivity contribution is 9.14. The maximum atomic E-state index is 13.0. The minimum atomic E-state index is -0.484. The number of phenolic OH excluding ortho intramolecular Hbond substituents is 1. The van der Waals surface area contributed by atoms with Crippen LogP contribution in [0.5, 0.6) is 5.75 Å². The van der Waals surface area contributed by atoms with Crippen LogP contribution in [0.2, 0.25) is 0 Å². The molecule has 82 valence electrons. The lowest BCUT2D eigenvalue weighted by Crippen LogP contribution is -1.97. The number of aromatic nitrogens is 4. The summed E-state index contributed by atoms with van der Waals surface area (Å²) in [7, 11) is 0. The summed E-state index contributed by atoms with van der Waals surface area (Å²) in [5, 5.41) is 20.4. The Morgan fingerprint density at radius 3 is 2.94 bits per heavy atom. The molecule has 16 heavy (non-hydrogen) atoms. The smallest absolute Gasteiger partial charge is 0.191 e. The highest BCUT2D eigenvalue weighted by atomic mass is 79.9. The quantitative estimate of drug-likeness (QED) is 0.916. The molecule has 5 nitrogen and oxygen atoms in total. The van der Waals surface area contributed by atoms with Crippen LogP contribution in [0, 0.1) is 5.82 Å². The molecule has 1 aromatic carbocycles. The number of nitrogens with zero attached hydrogens (tertiary/aromatic N) is 4. The third-order valence-electron chi connectivity index (χ3n) is 1.90. The van der Waals surface area contributed by atoms with Crippen molar-refractivity contribution in [1.29, 1.82) is 0 Å². The Morgan fingerprint density at radius 2 is 2.25 bits per heavy atom. The number of hydrogen-bond donors (Lipinski definition) is 1. The molecule has 1 heterocycles. The second-order valence-corrected chi connectivity index (χ2v) is 3.87. The van der Waals surface area contributed by atoms with Gasteiger partial charge in [-0.2, -0.15) is 4.68 Å². The Bertz CT molecular complexity index is 554. The lowest BCUT2D eigenvalue weighted by Gasteiger charge is -2.04. The van der Waals surface area contributed by atoms with E-state index in [2.05, 4.69) is 38.0 Å². The van der Waals surface area contributed by atoms with Crippen molar-refractivity contribution in [2.45, 2.75) is 0 Å². The van der Waals surface area contributed by atoms with Crippen LogP contribution >= 0.6 is 15.9 Å². The van der Waals surface area contributed by atoms with Crippen molar-refractivity contribution < 1.29 is 9.50 Å². The van der Waals surface area contributed by atoms with E-state index >= 15 is 0 Å². The highest BCUT2D eigenvalue weighted by Gasteiger charge is 2.14. The Hall–Kier alpha value is -1.76. The summed E-state index contributed by atoms with van der Waals surface area (Å²) >= 11 is 3.10. The van der Waals surface area contributed by atoms with Crippen molar-refractivity contribution in [1.82, 2.24) is 20.2 Å². The van der Waals surface area contributed by atoms with E-state index in [4.69, 9.17) is 0 Å². The average molecular weight is 285 g/mol. The number of rotatable bonds is 2. The lowest BCUT2D eigenvalue weighted by molar-refractivity contribution is 0.474. The first kappa shape index (κ1) is 10.7. The largest absolute Gasteiger partial charge is 0.507 e. The number of aromatic hydroxyl groups is 1. The summed E-state index contributed by atoms with van der Waals surface area (Å²) in [6.07, 6.45) is 0. The van der Waals surface area contributed by atoms with Crippen molar-refractivity contribution in [3.63, 3.8) is 0 Å². The zero-order valence-electron chi connectivity index (χ0n) is 7.93. The standard InChI is InChI=1S/C9H6BrFN4O/c1-5(10)15-9(12-13-14-15)7-4-6(11)2-3-8(7)16/h2-4,16H,1H2. The molecule has 0 saturated carbocycles. The van der Waals surface area contributed by atoms with E-state index in [1.54, 1.807) is 0 Å². The summed E-state index contributed by atoms with van der Waals surface area (Å²) in [6.45, 7) is 3.60. The summed E-state index contributed by atoms with van der Waals surface area (Å²) in [5.74, 6) is -0.382. The molecule has 0 aliphatic carbocycles. The molecule has 7 heteroatoms. The van der Waals surface area contributed by atoms with Crippen molar-refractivity contribution in [2.24, 2.45) is 0 Å². The molecular formula is C9H6BrFN4O. The molecule has 0 saturated heterocycles. The van der Waals surface area contributed by atoms with Gasteiger partial charge in [0.25, 0.3) is 0 Å². The molecule has 2 rings (SSSR count). The van der Waals surface area contributed by atoms with Gasteiger partial charge in [0, 0.05) is 0 Å². The van der Waals surface area contributed by atoms with Gasteiger partial charge in [-0.15, -0.1) is 5.10 Å². The number of hydrogen-bond acceptors (Lipinski definition) is 4. The van der Waals surface area contributed by atoms with Crippen molar-refractivity contribution in [3.8, 4) is 17.1 Å². The van der Waals surface area contributed by atoms with Crippen LogP contribution in [0.3, 0.4) is 0 Å². The Morgan fingerprint density at radius 1 is 1.50 bits per heavy atom. The van der Waals surface area contributed by atoms with E-state index < -0.39 is 5.82 Å². The molecule has 0 amide bonds. The van der Waals surface area contributed by atoms with Gasteiger partial charge in [0.1, 0.15) is 16.2 Å². The third kappa shape index (κ3) is 1.81. The van der Waals surface area contributed by atoms with Gasteiger partial charge in [-0.25, -0.2) is 4.39 Å². The number of tetrazole rings is 1. The van der Waals surface area contributed by atoms with E-state index in [0.717, 1.165) is 12.1 Å². The molecule has 0 atom stereocenters. The first-order valence-electron chi connectivity index (χ1n) is 4.21. The Labute approximate surface area is 98.3 Å². The van der Waals surface area contributed by atoms with Gasteiger partial charge in [-0.1, -0.05) is 6.58 Å². The van der Waals surface area contributed by atoms with Crippen LogP contribution in [0.15, 0.2) is 24.8 Å². The number of benzene rings is 1. The predicted octanol–water partition coefficient (Wildman–Crippen LogP) is 2.01. The molecule has 1 N–H and O–H groups in total. The van der Waals surface area contributed by atoms with Crippen LogP contribution in [-0.2, 0) is 0 Å². The van der Waals surface area contributed by atoms with Crippen LogP contribution in [-0.4, -0.2) is 25.3 Å². The minimum absolute atomic E-state index is 0.105. The minimum Gasteiger partial charge on any atom is -0.507 e. The molecule has 0 radical (unpaired) electrons. The normalized spacial score (nSPS) is 10.4. The Balaban J connectivity index is 2.62. The fourth-order valence-corrected chi connectivity index (χ4v) is 1.44. The fraction of sp³-hybridized carbons (Fsp3) is 0. The fourth-order valence-electron chi connectivity index (χ4n) is 1.21. The van der Waals surface area contributed by atoms with Gasteiger partial charge in [0.05, 0.1) is 5.56 Å². The van der Waals surface area contributed by atoms with Gasteiger partial charge >= 0.3 is 0 Å². The van der Waals surface area contributed by atoms with Gasteiger partial charge in [-0.05, 0) is 44.6 Å². The third-order valence-corrected chi connectivity index (χ3v) is 2.23. The summed E-state index contributed by atoms with van der Waals surface area (Å²) in [5.41, 5.74) is 0.200. The molecule has 0 aliphatic heterocycles. The first-order valence-corrected chi connectivity index (χ1v) is 5.01. The first-order chi connectivity index (χ1) is 7.59. The lowest BCUT2D eigenvalue weighted by atomic mass is 10.2. The van der Waals surface area contributed by atoms with Crippen LogP contribution < -0.4 is 0 Å². The molecule has 1 aromatic heterocycles. The van der Waals surface area contributed by atoms with E-state index in [-0.39, 0.29) is 17.1 Å². The average Bonchev–Trinajstić information content (AvgIpc) is 2.70. The van der Waals surface area contributed by atoms with Gasteiger partial charge in [-0.3, -0.25) is 0 Å². The molecule has 0 aliphatic rings. The molecular weight excluding hydrogens is 279 g/mol. The maximum absolute atomic E-state index is 13.0. The Kier molecular flexibility index (Phi) is 2.69. The second kappa shape index (κ2) is 4.01. The second-order valence-electron chi connectivity index (χ2n) is 2.95. The van der Waals surface area contributed by atoms with Gasteiger partial charge in [0.2, 0.25) is 0 Å². The monoisotopic (exact) mass is 284 g/mol. The SMILES string of the molecule is C=C(Br)n1nnnc1-c1cc(F)ccc1O. The van der Waals surface area contributed by atoms with Crippen molar-refractivity contribution >= 4 is 20.5 Å². The molecule has 0 bridgehead atoms. The highest BCUT2D eigenvalue weighted by Crippen LogP contribution is 2.29. The van der Waals surface area contributed by atoms with Crippen molar-refractivity contribution in [2.75, 3.05) is 0 Å². The van der Waals surface area contributed by atoms with E-state index in [0.29, 0.717) is 4.61 Å². The van der Waals surface area contributed by atoms with Crippen LogP contribution in [0.1, 0.15) is 0 Å². The maximum Gasteiger partial charge on any atom is 0.191 e. The molecule has 2 aromatic rings. The van der Waals surface area contributed by atoms with E-state index in [1.807, 2.05) is 0 Å². The molecule has 0 spiro atoms. The number of halogens is 2. The van der Waals surface area contributed by atoms with Crippen LogP contribution in [0.4, 0.5) is 4.39 Å². The summed E-state index contributed by atoms with van der Waals surface area (Å²) < 4.78 is 14.7. The predicted molar refractivity (Wildman–Crippen MR) is 59.1 cm³/mol. The number of phenols is 1. The van der Waals surface area contributed by atoms with Gasteiger partial charge in [0.15, 0.2) is 5.82 Å². The van der Waals surface area contributed by atoms with Gasteiger partial charge < -0.3 is 5.11 Å². The summed E-state index contributed by atoms with van der Waals surface area (Å²) in [4.78, 5) is 0. The van der Waals surface area contributed by atoms with Crippen molar-refractivity contribution in [3.05, 3.63) is 30.6 Å². The molecule has 0 unspecified atom stereocenters. The molecule has 0 fully saturated rings.